The van der Waals surface area contributed by atoms with E-state index in [-0.39, 0.29) is 10.7 Å². The molecule has 3 rings (SSSR count). The molecule has 0 saturated carbocycles. The number of halogens is 2. The lowest BCUT2D eigenvalue weighted by Crippen LogP contribution is -2.54. The largest absolute Gasteiger partial charge is 0.495 e. The van der Waals surface area contributed by atoms with Crippen molar-refractivity contribution < 1.29 is 14.3 Å². The van der Waals surface area contributed by atoms with E-state index in [1.165, 1.54) is 18.1 Å². The van der Waals surface area contributed by atoms with Crippen LogP contribution in [0.3, 0.4) is 0 Å². The van der Waals surface area contributed by atoms with E-state index < -0.39 is 11.8 Å². The molecule has 26 heavy (non-hydrogen) atoms. The molecule has 1 aliphatic heterocycles. The van der Waals surface area contributed by atoms with Crippen LogP contribution in [0, 0.1) is 0 Å². The number of hydrogen-bond acceptors (Lipinski definition) is 4. The molecular weight excluding hydrogens is 440 g/mol. The molecule has 2 aromatic rings. The summed E-state index contributed by atoms with van der Waals surface area (Å²) in [6.07, 6.45) is 1.47. The Balaban J connectivity index is 2.01. The van der Waals surface area contributed by atoms with Gasteiger partial charge in [-0.25, -0.2) is 0 Å². The first-order chi connectivity index (χ1) is 12.4. The maximum Gasteiger partial charge on any atom is 0.270 e. The lowest BCUT2D eigenvalue weighted by atomic mass is 10.1. The lowest BCUT2D eigenvalue weighted by molar-refractivity contribution is -0.122. The number of benzene rings is 2. The van der Waals surface area contributed by atoms with E-state index in [1.807, 2.05) is 6.07 Å². The van der Waals surface area contributed by atoms with Crippen molar-refractivity contribution >= 4 is 68.4 Å². The molecule has 2 amide bonds. The smallest absolute Gasteiger partial charge is 0.270 e. The number of nitrogens with one attached hydrogen (secondary N) is 1. The second-order valence-corrected chi connectivity index (χ2v) is 7.04. The van der Waals surface area contributed by atoms with E-state index in [1.54, 1.807) is 36.4 Å². The first kappa shape index (κ1) is 18.6. The summed E-state index contributed by atoms with van der Waals surface area (Å²) in [4.78, 5) is 26.5. The summed E-state index contributed by atoms with van der Waals surface area (Å²) in [5.41, 5.74) is 1.10. The molecule has 0 radical (unpaired) electrons. The maximum absolute atomic E-state index is 12.9. The van der Waals surface area contributed by atoms with Crippen LogP contribution in [0.25, 0.3) is 6.08 Å². The van der Waals surface area contributed by atoms with Crippen LogP contribution in [0.4, 0.5) is 5.69 Å². The van der Waals surface area contributed by atoms with Crippen LogP contribution in [-0.4, -0.2) is 24.0 Å². The Morgan fingerprint density at radius 2 is 2.00 bits per heavy atom. The molecule has 5 nitrogen and oxygen atoms in total. The van der Waals surface area contributed by atoms with E-state index >= 15 is 0 Å². The average Bonchev–Trinajstić information content (AvgIpc) is 2.58. The zero-order valence-corrected chi connectivity index (χ0v) is 16.6. The van der Waals surface area contributed by atoms with Crippen molar-refractivity contribution in [1.82, 2.24) is 5.32 Å². The van der Waals surface area contributed by atoms with Crippen LogP contribution < -0.4 is 15.0 Å². The van der Waals surface area contributed by atoms with Crippen molar-refractivity contribution in [2.24, 2.45) is 0 Å². The highest BCUT2D eigenvalue weighted by Gasteiger charge is 2.34. The summed E-state index contributed by atoms with van der Waals surface area (Å²) in [6.45, 7) is 0. The topological polar surface area (TPSA) is 58.6 Å². The molecule has 132 valence electrons. The molecule has 1 saturated heterocycles. The Labute approximate surface area is 168 Å². The van der Waals surface area contributed by atoms with Gasteiger partial charge in [0, 0.05) is 4.47 Å². The number of anilines is 1. The molecular formula is C18H12BrClN2O3S. The van der Waals surface area contributed by atoms with Gasteiger partial charge in [-0.3, -0.25) is 19.8 Å². The Bertz CT molecular complexity index is 961. The molecule has 0 atom stereocenters. The van der Waals surface area contributed by atoms with Gasteiger partial charge >= 0.3 is 0 Å². The Morgan fingerprint density at radius 3 is 2.65 bits per heavy atom. The second-order valence-electron chi connectivity index (χ2n) is 5.33. The third-order valence-electron chi connectivity index (χ3n) is 3.65. The maximum atomic E-state index is 12.9. The van der Waals surface area contributed by atoms with Gasteiger partial charge in [0.05, 0.1) is 17.8 Å². The van der Waals surface area contributed by atoms with Gasteiger partial charge in [0.15, 0.2) is 5.11 Å². The number of amides is 2. The van der Waals surface area contributed by atoms with Gasteiger partial charge in [-0.05, 0) is 54.2 Å². The highest BCUT2D eigenvalue weighted by Crippen LogP contribution is 2.28. The van der Waals surface area contributed by atoms with Crippen LogP contribution in [0.2, 0.25) is 5.02 Å². The van der Waals surface area contributed by atoms with Gasteiger partial charge in [0.1, 0.15) is 11.3 Å². The molecule has 0 aromatic heterocycles. The quantitative estimate of drug-likeness (QED) is 0.436. The number of nitrogens with zero attached hydrogens (tertiary/aromatic N) is 1. The number of rotatable bonds is 3. The van der Waals surface area contributed by atoms with Crippen LogP contribution in [0.15, 0.2) is 52.5 Å². The molecule has 1 aliphatic rings. The van der Waals surface area contributed by atoms with E-state index in [4.69, 9.17) is 28.6 Å². The molecule has 0 bridgehead atoms. The van der Waals surface area contributed by atoms with Gasteiger partial charge in [-0.2, -0.15) is 0 Å². The zero-order valence-electron chi connectivity index (χ0n) is 13.5. The molecule has 2 aromatic carbocycles. The number of hydrogen-bond donors (Lipinski definition) is 1. The summed E-state index contributed by atoms with van der Waals surface area (Å²) >= 11 is 14.6. The number of carbonyl (C=O) groups is 2. The van der Waals surface area contributed by atoms with E-state index in [0.29, 0.717) is 22.0 Å². The van der Waals surface area contributed by atoms with Gasteiger partial charge in [0.2, 0.25) is 0 Å². The van der Waals surface area contributed by atoms with Gasteiger partial charge in [0.25, 0.3) is 11.8 Å². The van der Waals surface area contributed by atoms with Crippen molar-refractivity contribution in [3.8, 4) is 5.75 Å². The van der Waals surface area contributed by atoms with Crippen molar-refractivity contribution in [3.63, 3.8) is 0 Å². The van der Waals surface area contributed by atoms with Crippen molar-refractivity contribution in [3.05, 3.63) is 63.1 Å². The minimum Gasteiger partial charge on any atom is -0.495 e. The fourth-order valence-electron chi connectivity index (χ4n) is 2.45. The summed E-state index contributed by atoms with van der Waals surface area (Å²) in [5.74, 6) is -0.563. The average molecular weight is 452 g/mol. The van der Waals surface area contributed by atoms with Crippen LogP contribution >= 0.6 is 39.7 Å². The van der Waals surface area contributed by atoms with Crippen LogP contribution in [0.5, 0.6) is 5.75 Å². The predicted octanol–water partition coefficient (Wildman–Crippen LogP) is 3.94. The highest BCUT2D eigenvalue weighted by atomic mass is 79.9. The summed E-state index contributed by atoms with van der Waals surface area (Å²) in [7, 11) is 1.51. The molecule has 1 heterocycles. The first-order valence-electron chi connectivity index (χ1n) is 7.41. The zero-order chi connectivity index (χ0) is 18.8. The summed E-state index contributed by atoms with van der Waals surface area (Å²) < 4.78 is 5.89. The first-order valence-corrected chi connectivity index (χ1v) is 8.99. The highest BCUT2D eigenvalue weighted by molar-refractivity contribution is 9.10. The molecule has 0 aliphatic carbocycles. The molecule has 0 unspecified atom stereocenters. The third kappa shape index (κ3) is 3.65. The number of methoxy groups -OCH3 is 1. The predicted molar refractivity (Wildman–Crippen MR) is 108 cm³/mol. The van der Waals surface area contributed by atoms with Crippen molar-refractivity contribution in [2.45, 2.75) is 0 Å². The lowest BCUT2D eigenvalue weighted by Gasteiger charge is -2.29. The van der Waals surface area contributed by atoms with Crippen molar-refractivity contribution in [1.29, 1.82) is 0 Å². The molecule has 1 N–H and O–H groups in total. The van der Waals surface area contributed by atoms with Gasteiger partial charge < -0.3 is 4.74 Å². The van der Waals surface area contributed by atoms with E-state index in [0.717, 1.165) is 4.47 Å². The van der Waals surface area contributed by atoms with Crippen LogP contribution in [0.1, 0.15) is 5.56 Å². The number of ether oxygens (including phenoxy) is 1. The monoisotopic (exact) mass is 450 g/mol. The van der Waals surface area contributed by atoms with E-state index in [2.05, 4.69) is 21.2 Å². The van der Waals surface area contributed by atoms with Crippen LogP contribution in [-0.2, 0) is 9.59 Å². The third-order valence-corrected chi connectivity index (χ3v) is 4.73. The SMILES string of the molecule is COc1ccc(/C=C2/C(=O)NC(=S)N(c3cccc(Br)c3)C2=O)cc1Cl. The van der Waals surface area contributed by atoms with Gasteiger partial charge in [-0.1, -0.05) is 39.7 Å². The Kier molecular flexibility index (Phi) is 5.41. The second kappa shape index (κ2) is 7.57. The Morgan fingerprint density at radius 1 is 1.23 bits per heavy atom. The fraction of sp³-hybridized carbons (Fsp3) is 0.0556. The minimum absolute atomic E-state index is 0.0306. The summed E-state index contributed by atoms with van der Waals surface area (Å²) in [6, 6.07) is 12.1. The van der Waals surface area contributed by atoms with Gasteiger partial charge in [-0.15, -0.1) is 0 Å². The molecule has 0 spiro atoms. The normalized spacial score (nSPS) is 16.0. The van der Waals surface area contributed by atoms with E-state index in [9.17, 15) is 9.59 Å². The Hall–Kier alpha value is -2.22. The molecule has 1 fully saturated rings. The fourth-order valence-corrected chi connectivity index (χ4v) is 3.38. The number of thiocarbonyl (C=S) groups is 1. The summed E-state index contributed by atoms with van der Waals surface area (Å²) in [5, 5.41) is 2.95. The molecule has 8 heteroatoms. The number of carbonyl (C=O) groups excluding carboxylic acids is 2. The van der Waals surface area contributed by atoms with Crippen molar-refractivity contribution in [2.75, 3.05) is 12.0 Å². The minimum atomic E-state index is -0.557. The standard InChI is InChI=1S/C18H12BrClN2O3S/c1-25-15-6-5-10(8-14(15)20)7-13-16(23)21-18(26)22(17(13)24)12-4-2-3-11(19)9-12/h2-9H,1H3,(H,21,23,26)/b13-7-.